The summed E-state index contributed by atoms with van der Waals surface area (Å²) < 4.78 is 59.0. The van der Waals surface area contributed by atoms with Crippen LogP contribution in [0, 0.1) is 11.6 Å². The topological polar surface area (TPSA) is 141 Å². The summed E-state index contributed by atoms with van der Waals surface area (Å²) in [6.45, 7) is 3.04. The van der Waals surface area contributed by atoms with Crippen molar-refractivity contribution in [3.05, 3.63) is 59.2 Å². The van der Waals surface area contributed by atoms with E-state index in [1.54, 1.807) is 0 Å². The summed E-state index contributed by atoms with van der Waals surface area (Å²) >= 11 is 0. The number of aliphatic hydroxyl groups excluding tert-OH is 1. The van der Waals surface area contributed by atoms with Crippen LogP contribution in [0.2, 0.25) is 0 Å². The number of aliphatic hydroxyl groups is 1. The van der Waals surface area contributed by atoms with Gasteiger partial charge in [-0.25, -0.2) is 26.9 Å². The van der Waals surface area contributed by atoms with Gasteiger partial charge in [-0.15, -0.1) is 5.10 Å². The van der Waals surface area contributed by atoms with Gasteiger partial charge in [0.15, 0.2) is 11.6 Å². The quantitative estimate of drug-likeness (QED) is 0.273. The zero-order chi connectivity index (χ0) is 24.9. The maximum atomic E-state index is 14.9. The minimum absolute atomic E-state index is 0.106. The molecule has 0 bridgehead atoms. The Morgan fingerprint density at radius 3 is 2.47 bits per heavy atom. The third kappa shape index (κ3) is 7.10. The van der Waals surface area contributed by atoms with Gasteiger partial charge in [-0.3, -0.25) is 5.10 Å². The number of pyridine rings is 1. The van der Waals surface area contributed by atoms with Gasteiger partial charge in [0.2, 0.25) is 15.9 Å². The van der Waals surface area contributed by atoms with Crippen LogP contribution in [0.15, 0.2) is 36.4 Å². The van der Waals surface area contributed by atoms with Gasteiger partial charge < -0.3 is 20.5 Å². The summed E-state index contributed by atoms with van der Waals surface area (Å²) in [5.74, 6) is -0.638. The molecule has 0 aliphatic carbocycles. The van der Waals surface area contributed by atoms with Crippen LogP contribution in [0.5, 0.6) is 5.88 Å². The van der Waals surface area contributed by atoms with Gasteiger partial charge >= 0.3 is 0 Å². The third-order valence-electron chi connectivity index (χ3n) is 4.51. The summed E-state index contributed by atoms with van der Waals surface area (Å²) in [5, 5.41) is 22.3. The highest BCUT2D eigenvalue weighted by molar-refractivity contribution is 7.88. The Labute approximate surface area is 195 Å². The molecule has 13 heteroatoms. The Balaban J connectivity index is 1.92. The molecule has 2 aromatic heterocycles. The second-order valence-corrected chi connectivity index (χ2v) is 9.60. The summed E-state index contributed by atoms with van der Waals surface area (Å²) in [6.07, 6.45) is 0.870. The molecular weight excluding hydrogens is 470 g/mol. The summed E-state index contributed by atoms with van der Waals surface area (Å²) in [5.41, 5.74) is 0.748. The van der Waals surface area contributed by atoms with Crippen LogP contribution in [-0.4, -0.2) is 47.7 Å². The Bertz CT molecular complexity index is 1220. The highest BCUT2D eigenvalue weighted by Crippen LogP contribution is 2.27. The van der Waals surface area contributed by atoms with E-state index in [2.05, 4.69) is 30.5 Å². The maximum Gasteiger partial charge on any atom is 0.234 e. The predicted molar refractivity (Wildman–Crippen MR) is 123 cm³/mol. The van der Waals surface area contributed by atoms with Crippen LogP contribution in [0.1, 0.15) is 31.0 Å². The molecule has 0 amide bonds. The lowest BCUT2D eigenvalue weighted by atomic mass is 10.1. The molecular formula is C21H26F2N6O4S. The molecule has 1 aromatic carbocycles. The monoisotopic (exact) mass is 496 g/mol. The van der Waals surface area contributed by atoms with Gasteiger partial charge in [-0.05, 0) is 37.6 Å². The number of nitrogens with zero attached hydrogens (tertiary/aromatic N) is 2. The van der Waals surface area contributed by atoms with Crippen molar-refractivity contribution in [2.24, 2.45) is 0 Å². The van der Waals surface area contributed by atoms with Crippen LogP contribution in [0.4, 0.5) is 26.2 Å². The number of benzene rings is 1. The van der Waals surface area contributed by atoms with E-state index in [1.807, 2.05) is 13.8 Å². The average Bonchev–Trinajstić information content (AvgIpc) is 3.19. The molecule has 3 rings (SSSR count). The molecule has 5 N–H and O–H groups in total. The molecule has 2 heterocycles. The van der Waals surface area contributed by atoms with Crippen LogP contribution in [-0.2, 0) is 16.6 Å². The lowest BCUT2D eigenvalue weighted by Gasteiger charge is -2.21. The van der Waals surface area contributed by atoms with Gasteiger partial charge in [0.1, 0.15) is 17.5 Å². The van der Waals surface area contributed by atoms with Crippen LogP contribution in [0.3, 0.4) is 0 Å². The number of hydrogen-bond donors (Lipinski definition) is 5. The highest BCUT2D eigenvalue weighted by Gasteiger charge is 2.19. The number of nitrogens with one attached hydrogen (secondary N) is 4. The smallest absolute Gasteiger partial charge is 0.234 e. The van der Waals surface area contributed by atoms with Crippen LogP contribution in [0.25, 0.3) is 0 Å². The molecule has 3 aromatic rings. The number of H-pyrrole nitrogens is 1. The molecule has 0 spiro atoms. The number of sulfonamides is 1. The van der Waals surface area contributed by atoms with Gasteiger partial charge in [0, 0.05) is 18.2 Å². The first kappa shape index (κ1) is 25.3. The van der Waals surface area contributed by atoms with E-state index in [1.165, 1.54) is 30.3 Å². The molecule has 0 saturated carbocycles. The van der Waals surface area contributed by atoms with E-state index in [9.17, 15) is 22.3 Å². The van der Waals surface area contributed by atoms with Crippen molar-refractivity contribution in [1.29, 1.82) is 0 Å². The first-order chi connectivity index (χ1) is 16.0. The zero-order valence-corrected chi connectivity index (χ0v) is 19.6. The summed E-state index contributed by atoms with van der Waals surface area (Å²) in [6, 6.07) is 7.39. The SMILES string of the molecule is CC(C)Oc1cc(Nc2nc(NC(CO)c3ccc(F)cc3)c(CNS(C)(=O)=O)cc2F)[nH]n1. The van der Waals surface area contributed by atoms with E-state index >= 15 is 0 Å². The first-order valence-electron chi connectivity index (χ1n) is 10.3. The zero-order valence-electron chi connectivity index (χ0n) is 18.8. The van der Waals surface area contributed by atoms with E-state index in [0.717, 1.165) is 12.3 Å². The Morgan fingerprint density at radius 2 is 1.85 bits per heavy atom. The van der Waals surface area contributed by atoms with Crippen molar-refractivity contribution in [2.45, 2.75) is 32.5 Å². The molecule has 34 heavy (non-hydrogen) atoms. The summed E-state index contributed by atoms with van der Waals surface area (Å²) in [7, 11) is -3.57. The third-order valence-corrected chi connectivity index (χ3v) is 5.18. The molecule has 1 atom stereocenters. The van der Waals surface area contributed by atoms with Crippen molar-refractivity contribution >= 4 is 27.5 Å². The second-order valence-electron chi connectivity index (χ2n) is 7.76. The molecule has 0 aliphatic heterocycles. The van der Waals surface area contributed by atoms with Crippen molar-refractivity contribution in [3.8, 4) is 5.88 Å². The van der Waals surface area contributed by atoms with E-state index in [4.69, 9.17) is 4.74 Å². The Hall–Kier alpha value is -3.29. The second kappa shape index (κ2) is 10.8. The molecule has 1 unspecified atom stereocenters. The van der Waals surface area contributed by atoms with E-state index < -0.39 is 27.7 Å². The molecule has 0 aliphatic rings. The molecule has 184 valence electrons. The molecule has 0 radical (unpaired) electrons. The van der Waals surface area contributed by atoms with E-state index in [0.29, 0.717) is 17.3 Å². The number of rotatable bonds is 11. The molecule has 0 fully saturated rings. The fourth-order valence-electron chi connectivity index (χ4n) is 2.97. The number of halogens is 2. The van der Waals surface area contributed by atoms with Gasteiger partial charge in [0.25, 0.3) is 0 Å². The predicted octanol–water partition coefficient (Wildman–Crippen LogP) is 2.81. The molecule has 10 nitrogen and oxygen atoms in total. The van der Waals surface area contributed by atoms with Gasteiger partial charge in [0.05, 0.1) is 25.0 Å². The normalized spacial score (nSPS) is 12.6. The lowest BCUT2D eigenvalue weighted by molar-refractivity contribution is 0.232. The number of aromatic amines is 1. The lowest BCUT2D eigenvalue weighted by Crippen LogP contribution is -2.24. The summed E-state index contributed by atoms with van der Waals surface area (Å²) in [4.78, 5) is 4.26. The van der Waals surface area contributed by atoms with Crippen LogP contribution < -0.4 is 20.1 Å². The first-order valence-corrected chi connectivity index (χ1v) is 12.2. The fraction of sp³-hybridized carbons (Fsp3) is 0.333. The fourth-order valence-corrected chi connectivity index (χ4v) is 3.39. The minimum atomic E-state index is -3.57. The standard InChI is InChI=1S/C21H26F2N6O4S/c1-12(2)33-19-9-18(28-29-19)26-21-16(23)8-14(10-24-34(3,31)32)20(27-21)25-17(11-30)13-4-6-15(22)7-5-13/h4-9,12,17,24,30H,10-11H2,1-3H3,(H3,25,26,27,28,29). The number of hydrogen-bond acceptors (Lipinski definition) is 8. The highest BCUT2D eigenvalue weighted by atomic mass is 32.2. The minimum Gasteiger partial charge on any atom is -0.474 e. The van der Waals surface area contributed by atoms with Gasteiger partial charge in [-0.1, -0.05) is 12.1 Å². The largest absolute Gasteiger partial charge is 0.474 e. The number of ether oxygens (including phenoxy) is 1. The van der Waals surface area contributed by atoms with Crippen molar-refractivity contribution in [3.63, 3.8) is 0 Å². The Kier molecular flexibility index (Phi) is 8.02. The van der Waals surface area contributed by atoms with E-state index in [-0.39, 0.29) is 36.5 Å². The van der Waals surface area contributed by atoms with Gasteiger partial charge in [-0.2, -0.15) is 0 Å². The number of aromatic nitrogens is 3. The average molecular weight is 497 g/mol. The Morgan fingerprint density at radius 1 is 1.15 bits per heavy atom. The maximum absolute atomic E-state index is 14.9. The van der Waals surface area contributed by atoms with Crippen molar-refractivity contribution in [2.75, 3.05) is 23.5 Å². The molecule has 0 saturated heterocycles. The van der Waals surface area contributed by atoms with Crippen molar-refractivity contribution < 1.29 is 27.0 Å². The van der Waals surface area contributed by atoms with Crippen LogP contribution >= 0.6 is 0 Å². The van der Waals surface area contributed by atoms with Crippen molar-refractivity contribution in [1.82, 2.24) is 19.9 Å². The number of anilines is 3.